The standard InChI is InChI=1S/C15H16N4O2/c16-10-11-5-6-15(18-17-11)19-7-1-3-12(19)9-13(20)14-4-2-8-21-14/h2,4-6,8,12-13,20H,1,3,7,9H2. The summed E-state index contributed by atoms with van der Waals surface area (Å²) in [4.78, 5) is 2.14. The van der Waals surface area contributed by atoms with Gasteiger partial charge in [0.2, 0.25) is 0 Å². The first-order valence-electron chi connectivity index (χ1n) is 7.00. The van der Waals surface area contributed by atoms with E-state index in [-0.39, 0.29) is 6.04 Å². The van der Waals surface area contributed by atoms with Gasteiger partial charge in [0.15, 0.2) is 11.5 Å². The Kier molecular flexibility index (Phi) is 3.84. The zero-order chi connectivity index (χ0) is 14.7. The Bertz CT molecular complexity index is 618. The van der Waals surface area contributed by atoms with Crippen molar-refractivity contribution >= 4 is 5.82 Å². The summed E-state index contributed by atoms with van der Waals surface area (Å²) in [6.07, 6.45) is 3.60. The fraction of sp³-hybridized carbons (Fsp3) is 0.400. The molecule has 3 heterocycles. The second-order valence-electron chi connectivity index (χ2n) is 5.14. The molecular weight excluding hydrogens is 268 g/mol. The van der Waals surface area contributed by atoms with Gasteiger partial charge in [0.1, 0.15) is 17.9 Å². The Morgan fingerprint density at radius 2 is 2.33 bits per heavy atom. The van der Waals surface area contributed by atoms with Gasteiger partial charge in [-0.15, -0.1) is 10.2 Å². The zero-order valence-corrected chi connectivity index (χ0v) is 11.5. The summed E-state index contributed by atoms with van der Waals surface area (Å²) in [6, 6.07) is 9.20. The van der Waals surface area contributed by atoms with Gasteiger partial charge in [-0.2, -0.15) is 5.26 Å². The normalized spacial score (nSPS) is 19.4. The largest absolute Gasteiger partial charge is 0.467 e. The molecule has 2 atom stereocenters. The topological polar surface area (TPSA) is 86.2 Å². The zero-order valence-electron chi connectivity index (χ0n) is 11.5. The van der Waals surface area contributed by atoms with Gasteiger partial charge < -0.3 is 14.4 Å². The van der Waals surface area contributed by atoms with Crippen molar-refractivity contribution in [2.45, 2.75) is 31.4 Å². The fourth-order valence-corrected chi connectivity index (χ4v) is 2.78. The van der Waals surface area contributed by atoms with Crippen LogP contribution in [0.1, 0.15) is 36.8 Å². The molecule has 6 nitrogen and oxygen atoms in total. The molecule has 0 bridgehead atoms. The number of rotatable bonds is 4. The van der Waals surface area contributed by atoms with E-state index in [2.05, 4.69) is 15.1 Å². The van der Waals surface area contributed by atoms with Gasteiger partial charge >= 0.3 is 0 Å². The maximum absolute atomic E-state index is 10.2. The molecule has 0 saturated carbocycles. The number of nitriles is 1. The third kappa shape index (κ3) is 2.88. The fourth-order valence-electron chi connectivity index (χ4n) is 2.78. The molecule has 2 aromatic heterocycles. The molecular formula is C15H16N4O2. The van der Waals surface area contributed by atoms with E-state index in [0.717, 1.165) is 25.2 Å². The van der Waals surface area contributed by atoms with Gasteiger partial charge in [0, 0.05) is 19.0 Å². The van der Waals surface area contributed by atoms with Crippen molar-refractivity contribution in [1.29, 1.82) is 5.26 Å². The molecule has 2 aromatic rings. The van der Waals surface area contributed by atoms with Crippen LogP contribution in [0, 0.1) is 11.3 Å². The van der Waals surface area contributed by atoms with E-state index in [0.29, 0.717) is 17.9 Å². The maximum atomic E-state index is 10.2. The van der Waals surface area contributed by atoms with Crippen LogP contribution < -0.4 is 4.90 Å². The second-order valence-corrected chi connectivity index (χ2v) is 5.14. The lowest BCUT2D eigenvalue weighted by atomic mass is 10.1. The van der Waals surface area contributed by atoms with Crippen molar-refractivity contribution in [2.75, 3.05) is 11.4 Å². The molecule has 1 fully saturated rings. The first kappa shape index (κ1) is 13.6. The van der Waals surface area contributed by atoms with Crippen LogP contribution in [0.5, 0.6) is 0 Å². The highest BCUT2D eigenvalue weighted by Crippen LogP contribution is 2.30. The Balaban J connectivity index is 1.71. The van der Waals surface area contributed by atoms with Crippen LogP contribution in [-0.2, 0) is 0 Å². The third-order valence-electron chi connectivity index (χ3n) is 3.80. The smallest absolute Gasteiger partial charge is 0.163 e. The Morgan fingerprint density at radius 3 is 3.00 bits per heavy atom. The van der Waals surface area contributed by atoms with Gasteiger partial charge in [0.25, 0.3) is 0 Å². The monoisotopic (exact) mass is 284 g/mol. The molecule has 1 saturated heterocycles. The number of aliphatic hydroxyl groups is 1. The van der Waals surface area contributed by atoms with Crippen LogP contribution >= 0.6 is 0 Å². The number of nitrogens with zero attached hydrogens (tertiary/aromatic N) is 4. The second kappa shape index (κ2) is 5.94. The summed E-state index contributed by atoms with van der Waals surface area (Å²) in [6.45, 7) is 0.885. The minimum Gasteiger partial charge on any atom is -0.467 e. The molecule has 2 unspecified atom stereocenters. The summed E-state index contributed by atoms with van der Waals surface area (Å²) in [5.74, 6) is 1.34. The summed E-state index contributed by atoms with van der Waals surface area (Å²) in [5.41, 5.74) is 0.310. The molecule has 0 aliphatic carbocycles. The minimum atomic E-state index is -0.614. The van der Waals surface area contributed by atoms with E-state index in [9.17, 15) is 5.11 Å². The SMILES string of the molecule is N#Cc1ccc(N2CCCC2CC(O)c2ccco2)nn1. The highest BCUT2D eigenvalue weighted by Gasteiger charge is 2.29. The maximum Gasteiger partial charge on any atom is 0.163 e. The van der Waals surface area contributed by atoms with Crippen molar-refractivity contribution in [3.8, 4) is 6.07 Å². The van der Waals surface area contributed by atoms with Gasteiger partial charge in [-0.05, 0) is 37.1 Å². The van der Waals surface area contributed by atoms with Crippen LogP contribution in [0.25, 0.3) is 0 Å². The van der Waals surface area contributed by atoms with E-state index in [1.807, 2.05) is 12.1 Å². The van der Waals surface area contributed by atoms with Crippen molar-refractivity contribution in [1.82, 2.24) is 10.2 Å². The van der Waals surface area contributed by atoms with E-state index < -0.39 is 6.10 Å². The van der Waals surface area contributed by atoms with E-state index in [1.54, 1.807) is 24.5 Å². The number of anilines is 1. The van der Waals surface area contributed by atoms with Crippen molar-refractivity contribution in [3.05, 3.63) is 42.0 Å². The molecule has 0 spiro atoms. The summed E-state index contributed by atoms with van der Waals surface area (Å²) in [5, 5.41) is 26.9. The Morgan fingerprint density at radius 1 is 1.43 bits per heavy atom. The van der Waals surface area contributed by atoms with E-state index in [4.69, 9.17) is 9.68 Å². The van der Waals surface area contributed by atoms with Crippen LogP contribution in [0.4, 0.5) is 5.82 Å². The molecule has 1 aliphatic rings. The average molecular weight is 284 g/mol. The predicted octanol–water partition coefficient (Wildman–Crippen LogP) is 2.03. The first-order valence-corrected chi connectivity index (χ1v) is 7.00. The van der Waals surface area contributed by atoms with Crippen molar-refractivity contribution in [2.24, 2.45) is 0 Å². The summed E-state index contributed by atoms with van der Waals surface area (Å²) < 4.78 is 5.24. The number of aliphatic hydroxyl groups excluding tert-OH is 1. The van der Waals surface area contributed by atoms with Crippen molar-refractivity contribution in [3.63, 3.8) is 0 Å². The van der Waals surface area contributed by atoms with Gasteiger partial charge in [-0.1, -0.05) is 0 Å². The van der Waals surface area contributed by atoms with Crippen molar-refractivity contribution < 1.29 is 9.52 Å². The lowest BCUT2D eigenvalue weighted by Crippen LogP contribution is -2.31. The number of furan rings is 1. The van der Waals surface area contributed by atoms with E-state index >= 15 is 0 Å². The van der Waals surface area contributed by atoms with Crippen LogP contribution in [-0.4, -0.2) is 27.9 Å². The molecule has 1 aliphatic heterocycles. The molecule has 6 heteroatoms. The molecule has 0 radical (unpaired) electrons. The third-order valence-corrected chi connectivity index (χ3v) is 3.80. The molecule has 0 aromatic carbocycles. The molecule has 108 valence electrons. The van der Waals surface area contributed by atoms with Crippen LogP contribution in [0.2, 0.25) is 0 Å². The van der Waals surface area contributed by atoms with Gasteiger partial charge in [-0.3, -0.25) is 0 Å². The lowest BCUT2D eigenvalue weighted by Gasteiger charge is -2.26. The Labute approximate surface area is 122 Å². The highest BCUT2D eigenvalue weighted by molar-refractivity contribution is 5.41. The first-order chi connectivity index (χ1) is 10.3. The lowest BCUT2D eigenvalue weighted by molar-refractivity contribution is 0.132. The number of hydrogen-bond acceptors (Lipinski definition) is 6. The molecule has 0 amide bonds. The minimum absolute atomic E-state index is 0.201. The van der Waals surface area contributed by atoms with Crippen LogP contribution in [0.3, 0.4) is 0 Å². The average Bonchev–Trinajstić information content (AvgIpc) is 3.19. The molecule has 1 N–H and O–H groups in total. The highest BCUT2D eigenvalue weighted by atomic mass is 16.4. The molecule has 21 heavy (non-hydrogen) atoms. The molecule has 3 rings (SSSR count). The predicted molar refractivity (Wildman–Crippen MR) is 75.4 cm³/mol. The van der Waals surface area contributed by atoms with Gasteiger partial charge in [0.05, 0.1) is 6.26 Å². The number of hydrogen-bond donors (Lipinski definition) is 1. The summed E-state index contributed by atoms with van der Waals surface area (Å²) >= 11 is 0. The number of aromatic nitrogens is 2. The van der Waals surface area contributed by atoms with Crippen LogP contribution in [0.15, 0.2) is 34.9 Å². The van der Waals surface area contributed by atoms with Gasteiger partial charge in [-0.25, -0.2) is 0 Å². The Hall–Kier alpha value is -2.39. The summed E-state index contributed by atoms with van der Waals surface area (Å²) in [7, 11) is 0. The quantitative estimate of drug-likeness (QED) is 0.924. The van der Waals surface area contributed by atoms with E-state index in [1.165, 1.54) is 0 Å².